The molecule has 1 fully saturated rings. The third kappa shape index (κ3) is 4.46. The Hall–Kier alpha value is -0.770. The van der Waals surface area contributed by atoms with Crippen LogP contribution in [-0.4, -0.2) is 31.8 Å². The Morgan fingerprint density at radius 3 is 3.07 bits per heavy atom. The first-order valence-electron chi connectivity index (χ1n) is 5.47. The molecule has 4 nitrogen and oxygen atoms in total. The number of carbonyl (C=O) groups excluding carboxylic acids is 1. The SMILES string of the molecule is CCCNC(=O)OCC1CCCCN1. The summed E-state index contributed by atoms with van der Waals surface area (Å²) >= 11 is 0. The predicted molar refractivity (Wildman–Crippen MR) is 55.3 cm³/mol. The van der Waals surface area contributed by atoms with E-state index < -0.39 is 0 Å². The van der Waals surface area contributed by atoms with E-state index in [4.69, 9.17) is 4.74 Å². The average Bonchev–Trinajstić information content (AvgIpc) is 2.25. The lowest BCUT2D eigenvalue weighted by Crippen LogP contribution is -2.39. The van der Waals surface area contributed by atoms with Gasteiger partial charge in [0.2, 0.25) is 0 Å². The molecule has 1 heterocycles. The van der Waals surface area contributed by atoms with Crippen LogP contribution in [-0.2, 0) is 4.74 Å². The topological polar surface area (TPSA) is 50.4 Å². The number of hydrogen-bond donors (Lipinski definition) is 2. The highest BCUT2D eigenvalue weighted by atomic mass is 16.5. The fraction of sp³-hybridized carbons (Fsp3) is 0.900. The van der Waals surface area contributed by atoms with Crippen LogP contribution >= 0.6 is 0 Å². The van der Waals surface area contributed by atoms with Crippen molar-refractivity contribution in [3.05, 3.63) is 0 Å². The number of rotatable bonds is 4. The van der Waals surface area contributed by atoms with Crippen molar-refractivity contribution in [1.29, 1.82) is 0 Å². The zero-order chi connectivity index (χ0) is 10.2. The average molecular weight is 200 g/mol. The summed E-state index contributed by atoms with van der Waals surface area (Å²) in [6.45, 7) is 4.25. The molecule has 0 saturated carbocycles. The third-order valence-electron chi connectivity index (χ3n) is 2.35. The first kappa shape index (κ1) is 11.3. The Balaban J connectivity index is 2.03. The summed E-state index contributed by atoms with van der Waals surface area (Å²) in [6, 6.07) is 0.358. The van der Waals surface area contributed by atoms with Gasteiger partial charge in [-0.2, -0.15) is 0 Å². The fourth-order valence-corrected chi connectivity index (χ4v) is 1.52. The Kier molecular flexibility index (Phi) is 5.37. The Morgan fingerprint density at radius 2 is 2.43 bits per heavy atom. The summed E-state index contributed by atoms with van der Waals surface area (Å²) < 4.78 is 5.07. The summed E-state index contributed by atoms with van der Waals surface area (Å²) in [4.78, 5) is 11.1. The van der Waals surface area contributed by atoms with E-state index >= 15 is 0 Å². The van der Waals surface area contributed by atoms with Gasteiger partial charge < -0.3 is 15.4 Å². The monoisotopic (exact) mass is 200 g/mol. The van der Waals surface area contributed by atoms with Gasteiger partial charge in [0.05, 0.1) is 0 Å². The molecule has 0 radical (unpaired) electrons. The summed E-state index contributed by atoms with van der Waals surface area (Å²) in [6.07, 6.45) is 4.23. The maximum Gasteiger partial charge on any atom is 0.407 e. The van der Waals surface area contributed by atoms with Gasteiger partial charge in [-0.25, -0.2) is 4.79 Å². The second-order valence-corrected chi connectivity index (χ2v) is 3.67. The summed E-state index contributed by atoms with van der Waals surface area (Å²) in [7, 11) is 0. The van der Waals surface area contributed by atoms with Crippen molar-refractivity contribution < 1.29 is 9.53 Å². The minimum Gasteiger partial charge on any atom is -0.448 e. The maximum absolute atomic E-state index is 11.1. The number of carbonyl (C=O) groups is 1. The van der Waals surface area contributed by atoms with Crippen LogP contribution < -0.4 is 10.6 Å². The van der Waals surface area contributed by atoms with Crippen LogP contribution in [0.4, 0.5) is 4.79 Å². The standard InChI is InChI=1S/C10H20N2O2/c1-2-6-12-10(13)14-8-9-5-3-4-7-11-9/h9,11H,2-8H2,1H3,(H,12,13). The fourth-order valence-electron chi connectivity index (χ4n) is 1.52. The van der Waals surface area contributed by atoms with Gasteiger partial charge in [0.25, 0.3) is 0 Å². The molecule has 0 aromatic carbocycles. The molecule has 1 saturated heterocycles. The number of ether oxygens (including phenoxy) is 1. The van der Waals surface area contributed by atoms with Crippen LogP contribution in [0.1, 0.15) is 32.6 Å². The Labute approximate surface area is 85.4 Å². The second-order valence-electron chi connectivity index (χ2n) is 3.67. The van der Waals surface area contributed by atoms with Gasteiger partial charge in [0, 0.05) is 12.6 Å². The van der Waals surface area contributed by atoms with Crippen molar-refractivity contribution in [2.24, 2.45) is 0 Å². The smallest absolute Gasteiger partial charge is 0.407 e. The quantitative estimate of drug-likeness (QED) is 0.718. The molecule has 0 bridgehead atoms. The molecule has 4 heteroatoms. The maximum atomic E-state index is 11.1. The molecule has 1 unspecified atom stereocenters. The van der Waals surface area contributed by atoms with Gasteiger partial charge in [-0.1, -0.05) is 13.3 Å². The first-order valence-corrected chi connectivity index (χ1v) is 5.47. The summed E-state index contributed by atoms with van der Waals surface area (Å²) in [5.41, 5.74) is 0. The van der Waals surface area contributed by atoms with Crippen LogP contribution in [0.5, 0.6) is 0 Å². The minimum absolute atomic E-state index is 0.292. The molecule has 1 atom stereocenters. The molecular weight excluding hydrogens is 180 g/mol. The molecular formula is C10H20N2O2. The van der Waals surface area contributed by atoms with Gasteiger partial charge in [0.15, 0.2) is 0 Å². The van der Waals surface area contributed by atoms with Crippen LogP contribution in [0.25, 0.3) is 0 Å². The van der Waals surface area contributed by atoms with Gasteiger partial charge in [-0.05, 0) is 25.8 Å². The van der Waals surface area contributed by atoms with Crippen molar-refractivity contribution in [2.45, 2.75) is 38.6 Å². The van der Waals surface area contributed by atoms with E-state index in [1.165, 1.54) is 12.8 Å². The van der Waals surface area contributed by atoms with Crippen molar-refractivity contribution >= 4 is 6.09 Å². The molecule has 1 aliphatic heterocycles. The van der Waals surface area contributed by atoms with Crippen molar-refractivity contribution in [2.75, 3.05) is 19.7 Å². The lowest BCUT2D eigenvalue weighted by atomic mass is 10.1. The number of piperidine rings is 1. The Morgan fingerprint density at radius 1 is 1.57 bits per heavy atom. The molecule has 2 N–H and O–H groups in total. The summed E-state index contributed by atoms with van der Waals surface area (Å²) in [5, 5.41) is 6.01. The zero-order valence-electron chi connectivity index (χ0n) is 8.84. The van der Waals surface area contributed by atoms with E-state index in [2.05, 4.69) is 10.6 Å². The molecule has 0 spiro atoms. The van der Waals surface area contributed by atoms with Gasteiger partial charge in [-0.3, -0.25) is 0 Å². The van der Waals surface area contributed by atoms with Crippen molar-refractivity contribution in [3.63, 3.8) is 0 Å². The van der Waals surface area contributed by atoms with E-state index in [9.17, 15) is 4.79 Å². The molecule has 0 aromatic rings. The van der Waals surface area contributed by atoms with Crippen LogP contribution in [0, 0.1) is 0 Å². The van der Waals surface area contributed by atoms with E-state index in [1.807, 2.05) is 6.92 Å². The van der Waals surface area contributed by atoms with E-state index in [-0.39, 0.29) is 6.09 Å². The van der Waals surface area contributed by atoms with Gasteiger partial charge >= 0.3 is 6.09 Å². The highest BCUT2D eigenvalue weighted by molar-refractivity contribution is 5.67. The summed E-state index contributed by atoms with van der Waals surface area (Å²) in [5.74, 6) is 0. The van der Waals surface area contributed by atoms with E-state index in [0.29, 0.717) is 19.2 Å². The molecule has 0 aliphatic carbocycles. The highest BCUT2D eigenvalue weighted by Crippen LogP contribution is 2.06. The van der Waals surface area contributed by atoms with Crippen molar-refractivity contribution in [3.8, 4) is 0 Å². The molecule has 82 valence electrons. The van der Waals surface area contributed by atoms with E-state index in [0.717, 1.165) is 19.4 Å². The van der Waals surface area contributed by atoms with Crippen molar-refractivity contribution in [1.82, 2.24) is 10.6 Å². The molecule has 14 heavy (non-hydrogen) atoms. The molecule has 1 aliphatic rings. The number of amides is 1. The zero-order valence-corrected chi connectivity index (χ0v) is 8.84. The normalized spacial score (nSPS) is 21.6. The van der Waals surface area contributed by atoms with Crippen LogP contribution in [0.3, 0.4) is 0 Å². The minimum atomic E-state index is -0.292. The molecule has 1 rings (SSSR count). The first-order chi connectivity index (χ1) is 6.83. The van der Waals surface area contributed by atoms with Gasteiger partial charge in [-0.15, -0.1) is 0 Å². The van der Waals surface area contributed by atoms with Gasteiger partial charge in [0.1, 0.15) is 6.61 Å². The Bertz CT molecular complexity index is 168. The second kappa shape index (κ2) is 6.65. The lowest BCUT2D eigenvalue weighted by molar-refractivity contribution is 0.128. The predicted octanol–water partition coefficient (Wildman–Crippen LogP) is 1.26. The number of alkyl carbamates (subject to hydrolysis) is 1. The largest absolute Gasteiger partial charge is 0.448 e. The van der Waals surface area contributed by atoms with Crippen LogP contribution in [0.15, 0.2) is 0 Å². The van der Waals surface area contributed by atoms with Crippen LogP contribution in [0.2, 0.25) is 0 Å². The third-order valence-corrected chi connectivity index (χ3v) is 2.35. The molecule has 1 amide bonds. The number of nitrogens with one attached hydrogen (secondary N) is 2. The lowest BCUT2D eigenvalue weighted by Gasteiger charge is -2.22. The molecule has 0 aromatic heterocycles. The van der Waals surface area contributed by atoms with E-state index in [1.54, 1.807) is 0 Å². The highest BCUT2D eigenvalue weighted by Gasteiger charge is 2.13. The number of hydrogen-bond acceptors (Lipinski definition) is 3.